The summed E-state index contributed by atoms with van der Waals surface area (Å²) in [5.41, 5.74) is -1.58. The first-order chi connectivity index (χ1) is 17.2. The van der Waals surface area contributed by atoms with Crippen LogP contribution < -0.4 is 15.7 Å². The van der Waals surface area contributed by atoms with Crippen LogP contribution in [0.3, 0.4) is 0 Å². The third-order valence-electron chi connectivity index (χ3n) is 7.54. The predicted molar refractivity (Wildman–Crippen MR) is 150 cm³/mol. The van der Waals surface area contributed by atoms with Crippen molar-refractivity contribution in [2.45, 2.75) is 96.9 Å². The lowest BCUT2D eigenvalue weighted by Gasteiger charge is -2.49. The van der Waals surface area contributed by atoms with Crippen molar-refractivity contribution < 1.29 is 23.9 Å². The summed E-state index contributed by atoms with van der Waals surface area (Å²) in [5, 5.41) is 15.2. The molecular formula is C30H43NO5Si. The number of amides is 1. The Balaban J connectivity index is 2.10. The number of benzene rings is 2. The molecule has 3 atom stereocenters. The molecule has 0 radical (unpaired) electrons. The van der Waals surface area contributed by atoms with Gasteiger partial charge >= 0.3 is 12.1 Å². The number of aliphatic carboxylic acids is 1. The van der Waals surface area contributed by atoms with Crippen LogP contribution in [0.4, 0.5) is 4.79 Å². The minimum atomic E-state index is -2.90. The van der Waals surface area contributed by atoms with Crippen molar-refractivity contribution in [3.05, 3.63) is 60.7 Å². The molecule has 7 heteroatoms. The van der Waals surface area contributed by atoms with E-state index >= 15 is 0 Å². The Hall–Kier alpha value is -2.64. The summed E-state index contributed by atoms with van der Waals surface area (Å²) in [5.74, 6) is -0.824. The molecule has 1 aliphatic carbocycles. The number of hydrogen-bond acceptors (Lipinski definition) is 4. The molecule has 0 spiro atoms. The van der Waals surface area contributed by atoms with Crippen LogP contribution in [0.2, 0.25) is 5.04 Å². The van der Waals surface area contributed by atoms with Gasteiger partial charge in [-0.3, -0.25) is 4.79 Å². The number of alkyl carbamates (subject to hydrolysis) is 1. The normalized spacial score (nSPS) is 22.8. The maximum atomic E-state index is 12.9. The molecular weight excluding hydrogens is 482 g/mol. The first kappa shape index (κ1) is 28.9. The van der Waals surface area contributed by atoms with Gasteiger partial charge in [-0.15, -0.1) is 0 Å². The average molecular weight is 526 g/mol. The number of carboxylic acids is 1. The molecule has 2 N–H and O–H groups in total. The predicted octanol–water partition coefficient (Wildman–Crippen LogP) is 5.49. The summed E-state index contributed by atoms with van der Waals surface area (Å²) >= 11 is 0. The SMILES string of the molecule is CC[C@@]1(C(=O)O)CC[C@H](O[Si](c2ccccc2)(c2ccccc2)C(C)(C)C)[C@@H](NC(=O)OC(C)(C)C)C1. The fraction of sp³-hybridized carbons (Fsp3) is 0.533. The zero-order valence-corrected chi connectivity index (χ0v) is 24.3. The molecule has 0 heterocycles. The van der Waals surface area contributed by atoms with Crippen molar-refractivity contribution in [1.82, 2.24) is 5.32 Å². The molecule has 0 unspecified atom stereocenters. The van der Waals surface area contributed by atoms with Crippen LogP contribution in [0.5, 0.6) is 0 Å². The van der Waals surface area contributed by atoms with Gasteiger partial charge in [0.15, 0.2) is 0 Å². The van der Waals surface area contributed by atoms with Crippen LogP contribution in [-0.4, -0.2) is 43.2 Å². The Labute approximate surface area is 222 Å². The molecule has 1 fully saturated rings. The monoisotopic (exact) mass is 525 g/mol. The Kier molecular flexibility index (Phi) is 8.59. The van der Waals surface area contributed by atoms with Crippen molar-refractivity contribution in [1.29, 1.82) is 0 Å². The number of nitrogens with one attached hydrogen (secondary N) is 1. The Morgan fingerprint density at radius 2 is 1.49 bits per heavy atom. The number of carbonyl (C=O) groups excluding carboxylic acids is 1. The van der Waals surface area contributed by atoms with Crippen LogP contribution in [0.15, 0.2) is 60.7 Å². The molecule has 6 nitrogen and oxygen atoms in total. The van der Waals surface area contributed by atoms with Gasteiger partial charge in [0.25, 0.3) is 8.32 Å². The van der Waals surface area contributed by atoms with Crippen molar-refractivity contribution in [2.24, 2.45) is 5.41 Å². The standard InChI is InChI=1S/C30H43NO5Si/c1-8-30(26(32)33)20-19-25(24(21-30)31-27(34)35-28(2,3)4)36-37(29(5,6)7,22-15-11-9-12-16-22)23-17-13-10-14-18-23/h9-18,24-25H,8,19-21H2,1-7H3,(H,31,34)(H,32,33)/t24-,25-,30+/m0/s1. The number of carboxylic acid groups (broad SMARTS) is 1. The van der Waals surface area contributed by atoms with E-state index in [1.54, 1.807) is 0 Å². The largest absolute Gasteiger partial charge is 0.481 e. The number of rotatable bonds is 7. The number of carbonyl (C=O) groups is 2. The van der Waals surface area contributed by atoms with E-state index in [-0.39, 0.29) is 11.1 Å². The minimum absolute atomic E-state index is 0.238. The highest BCUT2D eigenvalue weighted by Gasteiger charge is 2.54. The van der Waals surface area contributed by atoms with E-state index in [1.165, 1.54) is 0 Å². The van der Waals surface area contributed by atoms with Gasteiger partial charge in [0, 0.05) is 0 Å². The molecule has 2 aromatic carbocycles. The highest BCUT2D eigenvalue weighted by molar-refractivity contribution is 6.99. The average Bonchev–Trinajstić information content (AvgIpc) is 2.82. The molecule has 202 valence electrons. The molecule has 3 rings (SSSR count). The summed E-state index contributed by atoms with van der Waals surface area (Å²) in [6, 6.07) is 20.2. The minimum Gasteiger partial charge on any atom is -0.481 e. The Morgan fingerprint density at radius 1 is 0.973 bits per heavy atom. The van der Waals surface area contributed by atoms with Crippen LogP contribution in [0.25, 0.3) is 0 Å². The van der Waals surface area contributed by atoms with Crippen LogP contribution >= 0.6 is 0 Å². The first-order valence-electron chi connectivity index (χ1n) is 13.3. The fourth-order valence-electron chi connectivity index (χ4n) is 5.60. The molecule has 0 aliphatic heterocycles. The second-order valence-electron chi connectivity index (χ2n) is 12.3. The zero-order valence-electron chi connectivity index (χ0n) is 23.3. The lowest BCUT2D eigenvalue weighted by molar-refractivity contribution is -0.153. The number of hydrogen-bond donors (Lipinski definition) is 2. The highest BCUT2D eigenvalue weighted by Crippen LogP contribution is 2.44. The lowest BCUT2D eigenvalue weighted by Crippen LogP contribution is -2.69. The molecule has 1 aliphatic rings. The van der Waals surface area contributed by atoms with E-state index in [1.807, 2.05) is 64.1 Å². The molecule has 1 amide bonds. The highest BCUT2D eigenvalue weighted by atomic mass is 28.4. The van der Waals surface area contributed by atoms with E-state index in [9.17, 15) is 14.7 Å². The third kappa shape index (κ3) is 6.26. The second kappa shape index (κ2) is 11.0. The molecule has 0 aromatic heterocycles. The van der Waals surface area contributed by atoms with Crippen LogP contribution in [0.1, 0.15) is 74.1 Å². The lowest BCUT2D eigenvalue weighted by atomic mass is 9.69. The van der Waals surface area contributed by atoms with Crippen molar-refractivity contribution in [3.63, 3.8) is 0 Å². The molecule has 2 aromatic rings. The molecule has 0 saturated heterocycles. The van der Waals surface area contributed by atoms with Gasteiger partial charge in [-0.05, 0) is 61.9 Å². The van der Waals surface area contributed by atoms with E-state index in [0.717, 1.165) is 10.4 Å². The third-order valence-corrected chi connectivity index (χ3v) is 12.6. The summed E-state index contributed by atoms with van der Waals surface area (Å²) in [7, 11) is -2.90. The summed E-state index contributed by atoms with van der Waals surface area (Å²) in [6.45, 7) is 14.0. The smallest absolute Gasteiger partial charge is 0.407 e. The number of ether oxygens (including phenoxy) is 1. The quantitative estimate of drug-likeness (QED) is 0.467. The maximum absolute atomic E-state index is 12.9. The van der Waals surface area contributed by atoms with E-state index < -0.39 is 37.4 Å². The first-order valence-corrected chi connectivity index (χ1v) is 15.2. The van der Waals surface area contributed by atoms with E-state index in [0.29, 0.717) is 25.7 Å². The van der Waals surface area contributed by atoms with Gasteiger partial charge in [-0.2, -0.15) is 0 Å². The summed E-state index contributed by atoms with van der Waals surface area (Å²) < 4.78 is 12.9. The molecule has 0 bridgehead atoms. The zero-order chi connectivity index (χ0) is 27.5. The van der Waals surface area contributed by atoms with Crippen LogP contribution in [0, 0.1) is 5.41 Å². The van der Waals surface area contributed by atoms with Gasteiger partial charge in [0.2, 0.25) is 0 Å². The van der Waals surface area contributed by atoms with Crippen molar-refractivity contribution >= 4 is 30.8 Å². The fourth-order valence-corrected chi connectivity index (χ4v) is 10.4. The van der Waals surface area contributed by atoms with Gasteiger partial charge < -0.3 is 19.6 Å². The van der Waals surface area contributed by atoms with Gasteiger partial charge in [0.05, 0.1) is 17.6 Å². The van der Waals surface area contributed by atoms with Crippen molar-refractivity contribution in [2.75, 3.05) is 0 Å². The van der Waals surface area contributed by atoms with Gasteiger partial charge in [-0.1, -0.05) is 88.4 Å². The van der Waals surface area contributed by atoms with E-state index in [2.05, 4.69) is 50.4 Å². The Bertz CT molecular complexity index is 1020. The molecule has 37 heavy (non-hydrogen) atoms. The van der Waals surface area contributed by atoms with Crippen molar-refractivity contribution in [3.8, 4) is 0 Å². The summed E-state index contributed by atoms with van der Waals surface area (Å²) in [4.78, 5) is 25.3. The Morgan fingerprint density at radius 3 is 1.89 bits per heavy atom. The maximum Gasteiger partial charge on any atom is 0.407 e. The van der Waals surface area contributed by atoms with E-state index in [4.69, 9.17) is 9.16 Å². The molecule has 1 saturated carbocycles. The summed E-state index contributed by atoms with van der Waals surface area (Å²) in [6.07, 6.45) is 0.893. The topological polar surface area (TPSA) is 84.9 Å². The second-order valence-corrected chi connectivity index (χ2v) is 16.5. The van der Waals surface area contributed by atoms with Gasteiger partial charge in [-0.25, -0.2) is 4.79 Å². The van der Waals surface area contributed by atoms with Gasteiger partial charge in [0.1, 0.15) is 5.60 Å². The van der Waals surface area contributed by atoms with Crippen LogP contribution in [-0.2, 0) is 14.0 Å².